The summed E-state index contributed by atoms with van der Waals surface area (Å²) in [7, 11) is -2.93. The Kier molecular flexibility index (Phi) is 8.70. The van der Waals surface area contributed by atoms with Crippen molar-refractivity contribution in [1.82, 2.24) is 0 Å². The largest absolute Gasteiger partial charge is 0.330 e. The molecule has 0 aromatic heterocycles. The van der Waals surface area contributed by atoms with E-state index in [-0.39, 0.29) is 0 Å². The Balaban J connectivity index is 3.90. The summed E-state index contributed by atoms with van der Waals surface area (Å²) in [5.74, 6) is 0. The van der Waals surface area contributed by atoms with E-state index >= 15 is 0 Å². The smallest absolute Gasteiger partial charge is 0.309 e. The van der Waals surface area contributed by atoms with Crippen LogP contribution in [0.2, 0.25) is 0 Å². The molecular formula is C9H18Cl3O3P. The van der Waals surface area contributed by atoms with Crippen LogP contribution in [-0.4, -0.2) is 23.2 Å². The monoisotopic (exact) mass is 310 g/mol. The summed E-state index contributed by atoms with van der Waals surface area (Å²) in [5.41, 5.74) is 0. The summed E-state index contributed by atoms with van der Waals surface area (Å²) < 4.78 is 21.0. The highest BCUT2D eigenvalue weighted by Crippen LogP contribution is 2.49. The lowest BCUT2D eigenvalue weighted by Gasteiger charge is -2.17. The number of rotatable bonds is 8. The molecule has 7 heteroatoms. The molecule has 0 N–H and O–H groups in total. The van der Waals surface area contributed by atoms with E-state index < -0.39 is 11.4 Å². The molecule has 0 aromatic carbocycles. The molecular weight excluding hydrogens is 293 g/mol. The van der Waals surface area contributed by atoms with Gasteiger partial charge in [-0.3, -0.25) is 4.57 Å². The Morgan fingerprint density at radius 1 is 1.06 bits per heavy atom. The van der Waals surface area contributed by atoms with Gasteiger partial charge in [-0.2, -0.15) is 0 Å². The number of hydrogen-bond acceptors (Lipinski definition) is 3. The van der Waals surface area contributed by atoms with Gasteiger partial charge in [0.05, 0.1) is 19.4 Å². The predicted molar refractivity (Wildman–Crippen MR) is 69.9 cm³/mol. The van der Waals surface area contributed by atoms with E-state index in [9.17, 15) is 4.57 Å². The third-order valence-electron chi connectivity index (χ3n) is 1.79. The summed E-state index contributed by atoms with van der Waals surface area (Å²) in [4.78, 5) is 0. The normalized spacial score (nSPS) is 13.1. The molecule has 0 aliphatic heterocycles. The Morgan fingerprint density at radius 2 is 1.56 bits per heavy atom. The fraction of sp³-hybridized carbons (Fsp3) is 1.00. The molecule has 0 heterocycles. The second-order valence-corrected chi connectivity index (χ2v) is 7.94. The average Bonchev–Trinajstić information content (AvgIpc) is 2.12. The maximum Gasteiger partial charge on any atom is 0.330 e. The van der Waals surface area contributed by atoms with Crippen LogP contribution in [0.4, 0.5) is 0 Å². The number of hydrogen-bond donors (Lipinski definition) is 0. The van der Waals surface area contributed by atoms with Crippen molar-refractivity contribution >= 4 is 42.4 Å². The van der Waals surface area contributed by atoms with Gasteiger partial charge in [-0.15, -0.1) is 0 Å². The summed E-state index contributed by atoms with van der Waals surface area (Å²) in [6.07, 6.45) is 2.15. The Hall–Kier alpha value is 1.02. The molecule has 0 bridgehead atoms. The summed E-state index contributed by atoms with van der Waals surface area (Å²) in [6, 6.07) is 0. The lowest BCUT2D eigenvalue weighted by Crippen LogP contribution is -2.04. The first-order valence-electron chi connectivity index (χ1n) is 5.28. The minimum absolute atomic E-state index is 0.370. The first-order valence-corrected chi connectivity index (χ1v) is 8.14. The maximum atomic E-state index is 12.0. The highest BCUT2D eigenvalue weighted by Gasteiger charge is 2.24. The molecule has 0 saturated heterocycles. The average molecular weight is 312 g/mol. The molecule has 0 fully saturated rings. The van der Waals surface area contributed by atoms with Crippen LogP contribution in [0.5, 0.6) is 0 Å². The first kappa shape index (κ1) is 17.0. The maximum absolute atomic E-state index is 12.0. The molecule has 0 aliphatic carbocycles. The van der Waals surface area contributed by atoms with E-state index in [1.54, 1.807) is 13.8 Å². The van der Waals surface area contributed by atoms with Crippen molar-refractivity contribution < 1.29 is 13.6 Å². The van der Waals surface area contributed by atoms with Crippen LogP contribution in [0.15, 0.2) is 0 Å². The second-order valence-electron chi connectivity index (χ2n) is 3.24. The van der Waals surface area contributed by atoms with Crippen LogP contribution in [0.1, 0.15) is 33.1 Å². The molecule has 0 radical (unpaired) electrons. The lowest BCUT2D eigenvalue weighted by molar-refractivity contribution is 0.219. The topological polar surface area (TPSA) is 35.5 Å². The van der Waals surface area contributed by atoms with Crippen molar-refractivity contribution in [3.8, 4) is 0 Å². The Bertz CT molecular complexity index is 221. The van der Waals surface area contributed by atoms with Gasteiger partial charge in [-0.25, -0.2) is 0 Å². The van der Waals surface area contributed by atoms with Crippen molar-refractivity contribution in [1.29, 1.82) is 0 Å². The van der Waals surface area contributed by atoms with Crippen LogP contribution in [-0.2, 0) is 13.6 Å². The zero-order chi connectivity index (χ0) is 12.7. The van der Waals surface area contributed by atoms with Gasteiger partial charge in [0, 0.05) is 0 Å². The molecule has 3 nitrogen and oxygen atoms in total. The summed E-state index contributed by atoms with van der Waals surface area (Å²) >= 11 is 16.8. The molecule has 0 spiro atoms. The predicted octanol–water partition coefficient (Wildman–Crippen LogP) is 4.79. The third-order valence-corrected chi connectivity index (χ3v) is 4.53. The summed E-state index contributed by atoms with van der Waals surface area (Å²) in [5, 5.41) is 0. The minimum atomic E-state index is -2.93. The van der Waals surface area contributed by atoms with E-state index in [0.29, 0.717) is 38.6 Å². The Labute approximate surface area is 112 Å². The van der Waals surface area contributed by atoms with E-state index in [4.69, 9.17) is 43.9 Å². The zero-order valence-corrected chi connectivity index (χ0v) is 12.7. The standard InChI is InChI=1S/C9H18Cl3O3P/c1-3-14-16(13,15-4-2)8-6-5-7-9(10,11)12/h3-8H2,1-2H3. The molecule has 0 rings (SSSR count). The van der Waals surface area contributed by atoms with Crippen molar-refractivity contribution in [3.05, 3.63) is 0 Å². The molecule has 0 saturated carbocycles. The number of unbranched alkanes of at least 4 members (excludes halogenated alkanes) is 1. The highest BCUT2D eigenvalue weighted by atomic mass is 35.6. The van der Waals surface area contributed by atoms with E-state index in [1.807, 2.05) is 0 Å². The van der Waals surface area contributed by atoms with Crippen LogP contribution in [0, 0.1) is 0 Å². The quantitative estimate of drug-likeness (QED) is 0.367. The van der Waals surface area contributed by atoms with Gasteiger partial charge in [0.2, 0.25) is 0 Å². The molecule has 0 atom stereocenters. The molecule has 0 amide bonds. The van der Waals surface area contributed by atoms with Crippen molar-refractivity contribution in [2.75, 3.05) is 19.4 Å². The van der Waals surface area contributed by atoms with Crippen LogP contribution < -0.4 is 0 Å². The van der Waals surface area contributed by atoms with Gasteiger partial charge >= 0.3 is 7.60 Å². The zero-order valence-electron chi connectivity index (χ0n) is 9.55. The molecule has 0 aromatic rings. The van der Waals surface area contributed by atoms with Crippen molar-refractivity contribution in [3.63, 3.8) is 0 Å². The van der Waals surface area contributed by atoms with E-state index in [1.165, 1.54) is 0 Å². The van der Waals surface area contributed by atoms with Gasteiger partial charge in [0.25, 0.3) is 0 Å². The molecule has 0 unspecified atom stereocenters. The van der Waals surface area contributed by atoms with Gasteiger partial charge < -0.3 is 9.05 Å². The van der Waals surface area contributed by atoms with Crippen LogP contribution >= 0.6 is 42.4 Å². The third kappa shape index (κ3) is 9.09. The SMILES string of the molecule is CCOP(=O)(CCCCC(Cl)(Cl)Cl)OCC. The summed E-state index contributed by atoms with van der Waals surface area (Å²) in [6.45, 7) is 4.32. The number of halogens is 3. The minimum Gasteiger partial charge on any atom is -0.309 e. The van der Waals surface area contributed by atoms with Gasteiger partial charge in [-0.05, 0) is 33.1 Å². The second kappa shape index (κ2) is 8.18. The van der Waals surface area contributed by atoms with Crippen LogP contribution in [0.3, 0.4) is 0 Å². The fourth-order valence-corrected chi connectivity index (χ4v) is 3.32. The molecule has 16 heavy (non-hydrogen) atoms. The first-order chi connectivity index (χ1) is 7.33. The van der Waals surface area contributed by atoms with Crippen LogP contribution in [0.25, 0.3) is 0 Å². The lowest BCUT2D eigenvalue weighted by atomic mass is 10.3. The van der Waals surface area contributed by atoms with E-state index in [0.717, 1.165) is 0 Å². The molecule has 0 aliphatic rings. The van der Waals surface area contributed by atoms with E-state index in [2.05, 4.69) is 0 Å². The van der Waals surface area contributed by atoms with Gasteiger partial charge in [0.1, 0.15) is 0 Å². The molecule has 98 valence electrons. The van der Waals surface area contributed by atoms with Gasteiger partial charge in [-0.1, -0.05) is 34.8 Å². The Morgan fingerprint density at radius 3 is 1.94 bits per heavy atom. The highest BCUT2D eigenvalue weighted by molar-refractivity contribution is 7.53. The van der Waals surface area contributed by atoms with Gasteiger partial charge in [0.15, 0.2) is 3.79 Å². The fourth-order valence-electron chi connectivity index (χ4n) is 1.19. The number of alkyl halides is 3. The van der Waals surface area contributed by atoms with Crippen molar-refractivity contribution in [2.45, 2.75) is 36.9 Å². The van der Waals surface area contributed by atoms with Crippen molar-refractivity contribution in [2.24, 2.45) is 0 Å².